The number of carbonyl (C=O) groups is 1. The predicted molar refractivity (Wildman–Crippen MR) is 75.6 cm³/mol. The van der Waals surface area contributed by atoms with Crippen molar-refractivity contribution < 1.29 is 14.1 Å². The first-order chi connectivity index (χ1) is 9.54. The molecule has 1 heterocycles. The maximum absolute atomic E-state index is 11.7. The van der Waals surface area contributed by atoms with Crippen LogP contribution in [-0.4, -0.2) is 17.7 Å². The van der Waals surface area contributed by atoms with Gasteiger partial charge in [-0.05, 0) is 37.6 Å². The van der Waals surface area contributed by atoms with Gasteiger partial charge in [0.25, 0.3) is 0 Å². The van der Waals surface area contributed by atoms with Crippen LogP contribution >= 0.6 is 0 Å². The Morgan fingerprint density at radius 3 is 2.85 bits per heavy atom. The molecule has 0 unspecified atom stereocenters. The minimum atomic E-state index is -0.175. The highest BCUT2D eigenvalue weighted by molar-refractivity contribution is 5.89. The summed E-state index contributed by atoms with van der Waals surface area (Å²) in [6.45, 7) is 3.95. The Kier molecular flexibility index (Phi) is 4.24. The van der Waals surface area contributed by atoms with Crippen molar-refractivity contribution in [1.82, 2.24) is 5.16 Å². The van der Waals surface area contributed by atoms with Crippen LogP contribution in [0.1, 0.15) is 17.7 Å². The van der Waals surface area contributed by atoms with E-state index in [9.17, 15) is 4.79 Å². The normalized spacial score (nSPS) is 10.3. The number of carbonyl (C=O) groups excluding carboxylic acids is 1. The lowest BCUT2D eigenvalue weighted by Gasteiger charge is -2.09. The van der Waals surface area contributed by atoms with Crippen molar-refractivity contribution >= 4 is 17.4 Å². The highest BCUT2D eigenvalue weighted by Crippen LogP contribution is 2.20. The predicted octanol–water partition coefficient (Wildman–Crippen LogP) is 2.28. The molecule has 0 bridgehead atoms. The van der Waals surface area contributed by atoms with Gasteiger partial charge in [0.15, 0.2) is 5.82 Å². The molecule has 0 radical (unpaired) electrons. The van der Waals surface area contributed by atoms with Crippen molar-refractivity contribution in [3.8, 4) is 5.75 Å². The van der Waals surface area contributed by atoms with Gasteiger partial charge in [-0.3, -0.25) is 4.79 Å². The molecule has 1 amide bonds. The Bertz CT molecular complexity index is 607. The molecule has 20 heavy (non-hydrogen) atoms. The van der Waals surface area contributed by atoms with Crippen LogP contribution in [0.25, 0.3) is 0 Å². The van der Waals surface area contributed by atoms with Gasteiger partial charge in [0.05, 0.1) is 13.0 Å². The van der Waals surface area contributed by atoms with Gasteiger partial charge in [-0.1, -0.05) is 5.16 Å². The number of benzene rings is 1. The van der Waals surface area contributed by atoms with Gasteiger partial charge >= 0.3 is 0 Å². The zero-order chi connectivity index (χ0) is 14.5. The summed E-state index contributed by atoms with van der Waals surface area (Å²) in [6, 6.07) is 7.04. The van der Waals surface area contributed by atoms with Gasteiger partial charge in [0.2, 0.25) is 5.91 Å². The largest absolute Gasteiger partial charge is 0.493 e. The summed E-state index contributed by atoms with van der Waals surface area (Å²) < 4.78 is 10.4. The molecule has 0 saturated heterocycles. The van der Waals surface area contributed by atoms with E-state index < -0.39 is 0 Å². The van der Waals surface area contributed by atoms with E-state index in [2.05, 4.69) is 10.5 Å². The highest BCUT2D eigenvalue weighted by Gasteiger charge is 2.07. The Balaban J connectivity index is 1.79. The van der Waals surface area contributed by atoms with E-state index in [1.54, 1.807) is 25.1 Å². The molecule has 6 heteroatoms. The summed E-state index contributed by atoms with van der Waals surface area (Å²) >= 11 is 0. The van der Waals surface area contributed by atoms with Crippen molar-refractivity contribution in [3.63, 3.8) is 0 Å². The van der Waals surface area contributed by atoms with E-state index in [-0.39, 0.29) is 18.9 Å². The number of anilines is 2. The van der Waals surface area contributed by atoms with Crippen molar-refractivity contribution in [2.75, 3.05) is 17.7 Å². The fourth-order valence-corrected chi connectivity index (χ4v) is 1.72. The van der Waals surface area contributed by atoms with Crippen molar-refractivity contribution in [3.05, 3.63) is 35.6 Å². The van der Waals surface area contributed by atoms with Crippen LogP contribution in [0.5, 0.6) is 5.75 Å². The van der Waals surface area contributed by atoms with Gasteiger partial charge in [0, 0.05) is 11.8 Å². The molecule has 1 aromatic carbocycles. The highest BCUT2D eigenvalue weighted by atomic mass is 16.5. The minimum Gasteiger partial charge on any atom is -0.493 e. The van der Waals surface area contributed by atoms with Crippen LogP contribution in [0.15, 0.2) is 28.8 Å². The number of aryl methyl sites for hydroxylation is 2. The van der Waals surface area contributed by atoms with E-state index in [1.165, 1.54) is 0 Å². The van der Waals surface area contributed by atoms with E-state index >= 15 is 0 Å². The molecule has 0 fully saturated rings. The van der Waals surface area contributed by atoms with E-state index in [1.807, 2.05) is 13.0 Å². The molecular weight excluding hydrogens is 258 g/mol. The number of hydrogen-bond donors (Lipinski definition) is 2. The molecule has 0 atom stereocenters. The van der Waals surface area contributed by atoms with Crippen LogP contribution in [0.3, 0.4) is 0 Å². The first-order valence-corrected chi connectivity index (χ1v) is 6.26. The van der Waals surface area contributed by atoms with E-state index in [0.29, 0.717) is 17.3 Å². The molecule has 1 aromatic heterocycles. The number of rotatable bonds is 5. The lowest BCUT2D eigenvalue weighted by atomic mass is 10.2. The molecule has 2 rings (SSSR count). The number of ether oxygens (including phenoxy) is 1. The van der Waals surface area contributed by atoms with Gasteiger partial charge in [-0.25, -0.2) is 0 Å². The van der Waals surface area contributed by atoms with Gasteiger partial charge in [-0.15, -0.1) is 0 Å². The summed E-state index contributed by atoms with van der Waals surface area (Å²) in [5, 5.41) is 6.31. The number of nitrogens with zero attached hydrogens (tertiary/aromatic N) is 1. The zero-order valence-electron chi connectivity index (χ0n) is 11.5. The molecule has 6 nitrogen and oxygen atoms in total. The smallest absolute Gasteiger partial charge is 0.229 e. The fourth-order valence-electron chi connectivity index (χ4n) is 1.72. The maximum Gasteiger partial charge on any atom is 0.229 e. The van der Waals surface area contributed by atoms with Crippen LogP contribution in [0.4, 0.5) is 11.5 Å². The van der Waals surface area contributed by atoms with Gasteiger partial charge < -0.3 is 20.3 Å². The second-order valence-corrected chi connectivity index (χ2v) is 4.49. The molecular formula is C14H17N3O3. The summed E-state index contributed by atoms with van der Waals surface area (Å²) in [4.78, 5) is 11.7. The Labute approximate surface area is 116 Å². The Morgan fingerprint density at radius 1 is 1.40 bits per heavy atom. The molecule has 106 valence electrons. The average molecular weight is 275 g/mol. The number of nitrogen functional groups attached to an aromatic ring is 1. The van der Waals surface area contributed by atoms with Crippen molar-refractivity contribution in [2.24, 2.45) is 0 Å². The monoisotopic (exact) mass is 275 g/mol. The minimum absolute atomic E-state index is 0.175. The lowest BCUT2D eigenvalue weighted by molar-refractivity contribution is -0.116. The molecule has 0 spiro atoms. The molecule has 0 aliphatic heterocycles. The zero-order valence-corrected chi connectivity index (χ0v) is 11.5. The quantitative estimate of drug-likeness (QED) is 0.817. The van der Waals surface area contributed by atoms with Crippen LogP contribution in [0, 0.1) is 13.8 Å². The molecule has 2 aromatic rings. The number of nitrogens with one attached hydrogen (secondary N) is 1. The van der Waals surface area contributed by atoms with E-state index in [0.717, 1.165) is 11.3 Å². The topological polar surface area (TPSA) is 90.4 Å². The third-order valence-corrected chi connectivity index (χ3v) is 2.68. The van der Waals surface area contributed by atoms with Crippen LogP contribution in [-0.2, 0) is 4.79 Å². The second kappa shape index (κ2) is 6.10. The Morgan fingerprint density at radius 2 is 2.20 bits per heavy atom. The van der Waals surface area contributed by atoms with Crippen molar-refractivity contribution in [1.29, 1.82) is 0 Å². The first-order valence-electron chi connectivity index (χ1n) is 6.26. The summed E-state index contributed by atoms with van der Waals surface area (Å²) in [6.07, 6.45) is 0.232. The summed E-state index contributed by atoms with van der Waals surface area (Å²) in [5.74, 6) is 1.61. The van der Waals surface area contributed by atoms with Crippen LogP contribution in [0.2, 0.25) is 0 Å². The molecule has 0 saturated carbocycles. The Hall–Kier alpha value is -2.50. The number of amides is 1. The average Bonchev–Trinajstić information content (AvgIpc) is 2.77. The maximum atomic E-state index is 11.7. The third-order valence-electron chi connectivity index (χ3n) is 2.68. The summed E-state index contributed by atoms with van der Waals surface area (Å²) in [5.41, 5.74) is 7.29. The standard InChI is InChI=1S/C14H17N3O3/c1-9-7-11(15)3-4-12(9)19-6-5-14(18)16-13-8-10(2)20-17-13/h3-4,7-8H,5-6,15H2,1-2H3,(H,16,17,18). The SMILES string of the molecule is Cc1cc(NC(=O)CCOc2ccc(N)cc2C)no1. The molecule has 3 N–H and O–H groups in total. The van der Waals surface area contributed by atoms with Gasteiger partial charge in [-0.2, -0.15) is 0 Å². The van der Waals surface area contributed by atoms with E-state index in [4.69, 9.17) is 15.0 Å². The number of nitrogens with two attached hydrogens (primary N) is 1. The van der Waals surface area contributed by atoms with Crippen LogP contribution < -0.4 is 15.8 Å². The third kappa shape index (κ3) is 3.74. The lowest BCUT2D eigenvalue weighted by Crippen LogP contribution is -2.15. The summed E-state index contributed by atoms with van der Waals surface area (Å²) in [7, 11) is 0. The van der Waals surface area contributed by atoms with Crippen molar-refractivity contribution in [2.45, 2.75) is 20.3 Å². The number of hydrogen-bond acceptors (Lipinski definition) is 5. The van der Waals surface area contributed by atoms with Gasteiger partial charge in [0.1, 0.15) is 11.5 Å². The number of aromatic nitrogens is 1. The second-order valence-electron chi connectivity index (χ2n) is 4.49. The molecule has 0 aliphatic carbocycles. The fraction of sp³-hybridized carbons (Fsp3) is 0.286. The molecule has 0 aliphatic rings. The first kappa shape index (κ1) is 13.9.